The normalized spacial score (nSPS) is 9.30. The van der Waals surface area contributed by atoms with Gasteiger partial charge >= 0.3 is 11.8 Å². The molecule has 0 aliphatic heterocycles. The summed E-state index contributed by atoms with van der Waals surface area (Å²) in [6, 6.07) is 14.7. The second-order valence-corrected chi connectivity index (χ2v) is 5.17. The molecule has 7 heteroatoms. The van der Waals surface area contributed by atoms with Crippen LogP contribution in [0.3, 0.4) is 0 Å². The average molecular weight is 322 g/mol. The van der Waals surface area contributed by atoms with Gasteiger partial charge in [0.1, 0.15) is 5.40 Å². The summed E-state index contributed by atoms with van der Waals surface area (Å²) in [5.74, 6) is -1.62. The number of carbonyl (C=O) groups excluding carboxylic acids is 2. The summed E-state index contributed by atoms with van der Waals surface area (Å²) < 4.78 is 0. The molecule has 6 nitrogen and oxygen atoms in total. The fraction of sp³-hybridized carbons (Fsp3) is 0. The van der Waals surface area contributed by atoms with Gasteiger partial charge in [0, 0.05) is 16.3 Å². The van der Waals surface area contributed by atoms with Gasteiger partial charge in [0.05, 0.1) is 11.6 Å². The summed E-state index contributed by atoms with van der Waals surface area (Å²) in [7, 11) is 0. The first kappa shape index (κ1) is 16.1. The number of anilines is 2. The molecule has 0 radical (unpaired) electrons. The molecular weight excluding hydrogens is 312 g/mol. The zero-order chi connectivity index (χ0) is 16.7. The van der Waals surface area contributed by atoms with Crippen LogP contribution in [0.4, 0.5) is 11.4 Å². The van der Waals surface area contributed by atoms with E-state index in [1.165, 1.54) is 12.1 Å². The molecule has 2 aromatic rings. The summed E-state index contributed by atoms with van der Waals surface area (Å²) in [6.07, 6.45) is 0. The molecule has 0 saturated carbocycles. The van der Waals surface area contributed by atoms with Crippen molar-refractivity contribution in [1.82, 2.24) is 0 Å². The van der Waals surface area contributed by atoms with Gasteiger partial charge in [0.2, 0.25) is 0 Å². The Morgan fingerprint density at radius 1 is 0.826 bits per heavy atom. The van der Waals surface area contributed by atoms with Gasteiger partial charge in [-0.15, -0.1) is 0 Å². The van der Waals surface area contributed by atoms with E-state index in [-0.39, 0.29) is 0 Å². The third-order valence-electron chi connectivity index (χ3n) is 2.75. The maximum atomic E-state index is 11.8. The van der Waals surface area contributed by atoms with Gasteiger partial charge in [-0.2, -0.15) is 10.5 Å². The fourth-order valence-corrected chi connectivity index (χ4v) is 2.04. The van der Waals surface area contributed by atoms with Crippen molar-refractivity contribution in [3.8, 4) is 11.5 Å². The van der Waals surface area contributed by atoms with Crippen molar-refractivity contribution in [2.24, 2.45) is 0 Å². The molecule has 0 saturated heterocycles. The molecule has 0 aliphatic rings. The highest BCUT2D eigenvalue weighted by molar-refractivity contribution is 8.03. The number of hydrogen-bond acceptors (Lipinski definition) is 5. The molecule has 112 valence electrons. The minimum absolute atomic E-state index is 0.421. The summed E-state index contributed by atoms with van der Waals surface area (Å²) in [5, 5.41) is 24.1. The van der Waals surface area contributed by atoms with Crippen LogP contribution in [0.2, 0.25) is 0 Å². The van der Waals surface area contributed by atoms with Crippen molar-refractivity contribution < 1.29 is 9.59 Å². The van der Waals surface area contributed by atoms with Gasteiger partial charge < -0.3 is 10.6 Å². The lowest BCUT2D eigenvalue weighted by atomic mass is 10.2. The third-order valence-corrected chi connectivity index (χ3v) is 3.35. The molecule has 2 rings (SSSR count). The minimum Gasteiger partial charge on any atom is -0.318 e. The van der Waals surface area contributed by atoms with Gasteiger partial charge in [-0.05, 0) is 60.3 Å². The maximum Gasteiger partial charge on any atom is 0.314 e. The highest BCUT2D eigenvalue weighted by Gasteiger charge is 2.14. The second kappa shape index (κ2) is 7.64. The predicted octanol–water partition coefficient (Wildman–Crippen LogP) is 2.71. The number of nitrogens with zero attached hydrogens (tertiary/aromatic N) is 2. The summed E-state index contributed by atoms with van der Waals surface area (Å²) in [4.78, 5) is 24.4. The van der Waals surface area contributed by atoms with Gasteiger partial charge in [0.15, 0.2) is 0 Å². The molecule has 0 aliphatic carbocycles. The van der Waals surface area contributed by atoms with Crippen LogP contribution in [0.15, 0.2) is 53.4 Å². The maximum absolute atomic E-state index is 11.8. The predicted molar refractivity (Wildman–Crippen MR) is 86.3 cm³/mol. The Kier molecular flexibility index (Phi) is 5.35. The van der Waals surface area contributed by atoms with E-state index in [2.05, 4.69) is 10.6 Å². The molecule has 2 N–H and O–H groups in total. The van der Waals surface area contributed by atoms with Gasteiger partial charge in [0.25, 0.3) is 0 Å². The van der Waals surface area contributed by atoms with Crippen molar-refractivity contribution >= 4 is 35.0 Å². The molecule has 0 unspecified atom stereocenters. The number of benzene rings is 2. The molecule has 23 heavy (non-hydrogen) atoms. The highest BCUT2D eigenvalue weighted by Crippen LogP contribution is 2.19. The summed E-state index contributed by atoms with van der Waals surface area (Å²) in [5.41, 5.74) is 1.33. The Morgan fingerprint density at radius 2 is 1.30 bits per heavy atom. The lowest BCUT2D eigenvalue weighted by Gasteiger charge is -2.07. The molecule has 0 spiro atoms. The number of thioether (sulfide) groups is 1. The molecular formula is C16H10N4O2S. The van der Waals surface area contributed by atoms with Crippen LogP contribution in [-0.2, 0) is 9.59 Å². The monoisotopic (exact) mass is 322 g/mol. The quantitative estimate of drug-likeness (QED) is 0.513. The molecule has 0 fully saturated rings. The second-order valence-electron chi connectivity index (χ2n) is 4.32. The van der Waals surface area contributed by atoms with Crippen molar-refractivity contribution in [3.05, 3.63) is 54.1 Å². The van der Waals surface area contributed by atoms with Gasteiger partial charge in [-0.25, -0.2) is 0 Å². The van der Waals surface area contributed by atoms with E-state index in [0.29, 0.717) is 16.9 Å². The van der Waals surface area contributed by atoms with Crippen LogP contribution < -0.4 is 10.6 Å². The number of hydrogen-bond donors (Lipinski definition) is 2. The Labute approximate surface area is 136 Å². The Hall–Kier alpha value is -3.29. The standard InChI is InChI=1S/C16H10N4O2S/c17-9-11-1-3-12(4-2-11)19-15(21)16(22)20-13-5-7-14(8-6-13)23-10-18/h1-8H,(H,19,21)(H,20,22). The van der Waals surface area contributed by atoms with E-state index in [0.717, 1.165) is 16.7 Å². The van der Waals surface area contributed by atoms with Crippen LogP contribution in [0.25, 0.3) is 0 Å². The lowest BCUT2D eigenvalue weighted by Crippen LogP contribution is -2.29. The van der Waals surface area contributed by atoms with E-state index in [1.807, 2.05) is 11.5 Å². The lowest BCUT2D eigenvalue weighted by molar-refractivity contribution is -0.132. The van der Waals surface area contributed by atoms with E-state index in [4.69, 9.17) is 10.5 Å². The number of rotatable bonds is 3. The fourth-order valence-electron chi connectivity index (χ4n) is 1.66. The number of nitrogens with one attached hydrogen (secondary N) is 2. The Balaban J connectivity index is 1.95. The van der Waals surface area contributed by atoms with E-state index < -0.39 is 11.8 Å². The topological polar surface area (TPSA) is 106 Å². The molecule has 0 bridgehead atoms. The highest BCUT2D eigenvalue weighted by atomic mass is 32.2. The van der Waals surface area contributed by atoms with Crippen LogP contribution in [0, 0.1) is 22.0 Å². The SMILES string of the molecule is N#CSc1ccc(NC(=O)C(=O)Nc2ccc(C#N)cc2)cc1. The van der Waals surface area contributed by atoms with Crippen molar-refractivity contribution in [2.45, 2.75) is 4.90 Å². The van der Waals surface area contributed by atoms with Gasteiger partial charge in [-0.1, -0.05) is 0 Å². The third kappa shape index (κ3) is 4.60. The van der Waals surface area contributed by atoms with Crippen LogP contribution in [-0.4, -0.2) is 11.8 Å². The summed E-state index contributed by atoms with van der Waals surface area (Å²) >= 11 is 1.00. The number of amides is 2. The zero-order valence-corrected chi connectivity index (χ0v) is 12.6. The van der Waals surface area contributed by atoms with Crippen LogP contribution in [0.1, 0.15) is 5.56 Å². The Bertz CT molecular complexity index is 802. The largest absolute Gasteiger partial charge is 0.318 e. The van der Waals surface area contributed by atoms with E-state index in [1.54, 1.807) is 36.4 Å². The van der Waals surface area contributed by atoms with Crippen LogP contribution in [0.5, 0.6) is 0 Å². The van der Waals surface area contributed by atoms with Crippen molar-refractivity contribution in [1.29, 1.82) is 10.5 Å². The average Bonchev–Trinajstić information content (AvgIpc) is 2.57. The smallest absolute Gasteiger partial charge is 0.314 e. The number of carbonyl (C=O) groups is 2. The molecule has 0 heterocycles. The molecule has 0 atom stereocenters. The molecule has 2 amide bonds. The molecule has 0 aromatic heterocycles. The number of nitriles is 2. The first-order chi connectivity index (χ1) is 11.1. The number of thiocyanates is 1. The van der Waals surface area contributed by atoms with Crippen LogP contribution >= 0.6 is 11.8 Å². The zero-order valence-electron chi connectivity index (χ0n) is 11.7. The van der Waals surface area contributed by atoms with E-state index in [9.17, 15) is 9.59 Å². The van der Waals surface area contributed by atoms with Gasteiger partial charge in [-0.3, -0.25) is 9.59 Å². The molecule has 2 aromatic carbocycles. The first-order valence-corrected chi connectivity index (χ1v) is 7.22. The Morgan fingerprint density at radius 3 is 1.74 bits per heavy atom. The minimum atomic E-state index is -0.815. The first-order valence-electron chi connectivity index (χ1n) is 6.41. The van der Waals surface area contributed by atoms with E-state index >= 15 is 0 Å². The van der Waals surface area contributed by atoms with Crippen molar-refractivity contribution in [2.75, 3.05) is 10.6 Å². The summed E-state index contributed by atoms with van der Waals surface area (Å²) in [6.45, 7) is 0. The van der Waals surface area contributed by atoms with Crippen molar-refractivity contribution in [3.63, 3.8) is 0 Å².